The predicted molar refractivity (Wildman–Crippen MR) is 107 cm³/mol. The second-order valence-electron chi connectivity index (χ2n) is 7.52. The second kappa shape index (κ2) is 14.4. The summed E-state index contributed by atoms with van der Waals surface area (Å²) in [6, 6.07) is -0.157. The molecule has 0 aromatic heterocycles. The molecule has 0 fully saturated rings. The molecular formula is C21H42N2O2. The van der Waals surface area contributed by atoms with E-state index in [-0.39, 0.29) is 24.2 Å². The van der Waals surface area contributed by atoms with Crippen LogP contribution in [0.5, 0.6) is 0 Å². The summed E-state index contributed by atoms with van der Waals surface area (Å²) in [5.41, 5.74) is -0.568. The minimum absolute atomic E-state index is 0.139. The van der Waals surface area contributed by atoms with Crippen molar-refractivity contribution in [3.05, 3.63) is 0 Å². The monoisotopic (exact) mass is 354 g/mol. The van der Waals surface area contributed by atoms with Crippen LogP contribution in [-0.2, 0) is 9.59 Å². The molecule has 0 amide bonds. The molecule has 0 rings (SSSR count). The van der Waals surface area contributed by atoms with Crippen LogP contribution in [0.3, 0.4) is 0 Å². The maximum absolute atomic E-state index is 12.7. The molecule has 0 aromatic rings. The van der Waals surface area contributed by atoms with Gasteiger partial charge in [-0.25, -0.2) is 0 Å². The smallest absolute Gasteiger partial charge is 0.163 e. The number of ketones is 2. The summed E-state index contributed by atoms with van der Waals surface area (Å²) in [7, 11) is 0. The van der Waals surface area contributed by atoms with Gasteiger partial charge in [-0.1, -0.05) is 59.3 Å². The molecule has 2 N–H and O–H groups in total. The van der Waals surface area contributed by atoms with Crippen LogP contribution in [-0.4, -0.2) is 36.2 Å². The highest BCUT2D eigenvalue weighted by Crippen LogP contribution is 2.19. The molecule has 0 bridgehead atoms. The average Bonchev–Trinajstić information content (AvgIpc) is 2.61. The fraction of sp³-hybridized carbons (Fsp3) is 0.905. The lowest BCUT2D eigenvalue weighted by atomic mass is 9.87. The van der Waals surface area contributed by atoms with Gasteiger partial charge in [0, 0.05) is 6.42 Å². The lowest BCUT2D eigenvalue weighted by Crippen LogP contribution is -2.53. The van der Waals surface area contributed by atoms with Gasteiger partial charge in [-0.15, -0.1) is 0 Å². The van der Waals surface area contributed by atoms with Crippen molar-refractivity contribution < 1.29 is 9.59 Å². The van der Waals surface area contributed by atoms with Crippen molar-refractivity contribution in [3.63, 3.8) is 0 Å². The Bertz CT molecular complexity index is 371. The van der Waals surface area contributed by atoms with Gasteiger partial charge in [0.25, 0.3) is 0 Å². The van der Waals surface area contributed by atoms with E-state index in [1.807, 2.05) is 13.8 Å². The number of rotatable bonds is 17. The van der Waals surface area contributed by atoms with Crippen LogP contribution in [0, 0.1) is 0 Å². The van der Waals surface area contributed by atoms with Gasteiger partial charge < -0.3 is 5.32 Å². The summed E-state index contributed by atoms with van der Waals surface area (Å²) in [5.74, 6) is 0.395. The van der Waals surface area contributed by atoms with E-state index in [1.165, 1.54) is 12.8 Å². The lowest BCUT2D eigenvalue weighted by Gasteiger charge is -2.30. The SMILES string of the molecule is CCCCCNC(C)C(=O)CNC(C)(CCCC)C(=O)CCCCC. The van der Waals surface area contributed by atoms with E-state index >= 15 is 0 Å². The Kier molecular flexibility index (Phi) is 14.0. The summed E-state index contributed by atoms with van der Waals surface area (Å²) >= 11 is 0. The van der Waals surface area contributed by atoms with E-state index in [0.717, 1.165) is 51.5 Å². The molecule has 0 spiro atoms. The molecule has 4 nitrogen and oxygen atoms in total. The normalized spacial score (nSPS) is 14.9. The lowest BCUT2D eigenvalue weighted by molar-refractivity contribution is -0.126. The van der Waals surface area contributed by atoms with Crippen LogP contribution in [0.25, 0.3) is 0 Å². The molecule has 0 radical (unpaired) electrons. The zero-order valence-corrected chi connectivity index (χ0v) is 17.4. The Hall–Kier alpha value is -0.740. The Morgan fingerprint density at radius 1 is 0.920 bits per heavy atom. The number of Topliss-reactive ketones (excluding diaryl/α,β-unsaturated/α-hetero) is 2. The maximum Gasteiger partial charge on any atom is 0.163 e. The van der Waals surface area contributed by atoms with E-state index in [0.29, 0.717) is 6.42 Å². The second-order valence-corrected chi connectivity index (χ2v) is 7.52. The van der Waals surface area contributed by atoms with Crippen LogP contribution in [0.15, 0.2) is 0 Å². The Labute approximate surface area is 155 Å². The zero-order valence-electron chi connectivity index (χ0n) is 17.4. The van der Waals surface area contributed by atoms with Gasteiger partial charge in [0.15, 0.2) is 11.6 Å². The third-order valence-corrected chi connectivity index (χ3v) is 5.02. The van der Waals surface area contributed by atoms with E-state index < -0.39 is 5.54 Å². The summed E-state index contributed by atoms with van der Waals surface area (Å²) < 4.78 is 0. The zero-order chi connectivity index (χ0) is 19.1. The predicted octanol–water partition coefficient (Wildman–Crippen LogP) is 4.41. The third-order valence-electron chi connectivity index (χ3n) is 5.02. The molecule has 2 unspecified atom stereocenters. The van der Waals surface area contributed by atoms with Crippen molar-refractivity contribution in [2.45, 2.75) is 110 Å². The molecule has 0 aromatic carbocycles. The van der Waals surface area contributed by atoms with Crippen molar-refractivity contribution in [1.82, 2.24) is 10.6 Å². The number of carbonyl (C=O) groups excluding carboxylic acids is 2. The Morgan fingerprint density at radius 3 is 2.12 bits per heavy atom. The maximum atomic E-state index is 12.7. The van der Waals surface area contributed by atoms with E-state index in [9.17, 15) is 9.59 Å². The topological polar surface area (TPSA) is 58.2 Å². The number of nitrogens with one attached hydrogen (secondary N) is 2. The van der Waals surface area contributed by atoms with Gasteiger partial charge in [0.2, 0.25) is 0 Å². The van der Waals surface area contributed by atoms with Crippen molar-refractivity contribution in [3.8, 4) is 0 Å². The molecule has 148 valence electrons. The first-order valence-corrected chi connectivity index (χ1v) is 10.5. The summed E-state index contributed by atoms with van der Waals surface area (Å²) in [5, 5.41) is 6.59. The summed E-state index contributed by atoms with van der Waals surface area (Å²) in [6.45, 7) is 11.5. The highest BCUT2D eigenvalue weighted by Gasteiger charge is 2.32. The van der Waals surface area contributed by atoms with Crippen LogP contribution >= 0.6 is 0 Å². The van der Waals surface area contributed by atoms with E-state index in [4.69, 9.17) is 0 Å². The van der Waals surface area contributed by atoms with Gasteiger partial charge in [-0.3, -0.25) is 14.9 Å². The highest BCUT2D eigenvalue weighted by molar-refractivity contribution is 5.90. The molecule has 0 aliphatic heterocycles. The minimum atomic E-state index is -0.568. The molecule has 0 saturated heterocycles. The summed E-state index contributed by atoms with van der Waals surface area (Å²) in [4.78, 5) is 25.1. The molecule has 0 saturated carbocycles. The molecule has 0 aliphatic rings. The van der Waals surface area contributed by atoms with E-state index in [1.54, 1.807) is 0 Å². The largest absolute Gasteiger partial charge is 0.308 e. The molecule has 2 atom stereocenters. The van der Waals surface area contributed by atoms with Crippen LogP contribution in [0.2, 0.25) is 0 Å². The van der Waals surface area contributed by atoms with Gasteiger partial charge in [-0.2, -0.15) is 0 Å². The van der Waals surface area contributed by atoms with Gasteiger partial charge in [0.1, 0.15) is 0 Å². The van der Waals surface area contributed by atoms with Crippen molar-refractivity contribution in [2.75, 3.05) is 13.1 Å². The standard InChI is InChI=1S/C21H42N2O2/c1-6-9-12-14-20(25)21(5,15-11-8-3)23-17-19(24)18(4)22-16-13-10-7-2/h18,22-23H,6-17H2,1-5H3. The molecule has 4 heteroatoms. The van der Waals surface area contributed by atoms with E-state index in [2.05, 4.69) is 31.4 Å². The van der Waals surface area contributed by atoms with Crippen molar-refractivity contribution in [2.24, 2.45) is 0 Å². The Morgan fingerprint density at radius 2 is 1.52 bits per heavy atom. The number of unbranched alkanes of at least 4 members (excludes halogenated alkanes) is 5. The summed E-state index contributed by atoms with van der Waals surface area (Å²) in [6.07, 6.45) is 10.1. The van der Waals surface area contributed by atoms with Gasteiger partial charge >= 0.3 is 0 Å². The fourth-order valence-electron chi connectivity index (χ4n) is 2.91. The average molecular weight is 355 g/mol. The third kappa shape index (κ3) is 10.8. The number of hydrogen-bond acceptors (Lipinski definition) is 4. The molecule has 0 aliphatic carbocycles. The Balaban J connectivity index is 4.48. The quantitative estimate of drug-likeness (QED) is 0.380. The van der Waals surface area contributed by atoms with Crippen molar-refractivity contribution >= 4 is 11.6 Å². The van der Waals surface area contributed by atoms with Crippen LogP contribution < -0.4 is 10.6 Å². The fourth-order valence-corrected chi connectivity index (χ4v) is 2.91. The van der Waals surface area contributed by atoms with Crippen LogP contribution in [0.1, 0.15) is 98.8 Å². The number of carbonyl (C=O) groups is 2. The molecule has 25 heavy (non-hydrogen) atoms. The first kappa shape index (κ1) is 24.3. The first-order chi connectivity index (χ1) is 11.9. The first-order valence-electron chi connectivity index (χ1n) is 10.5. The molecular weight excluding hydrogens is 312 g/mol. The van der Waals surface area contributed by atoms with Gasteiger partial charge in [-0.05, 0) is 39.7 Å². The molecule has 0 heterocycles. The van der Waals surface area contributed by atoms with Gasteiger partial charge in [0.05, 0.1) is 18.1 Å². The van der Waals surface area contributed by atoms with Crippen LogP contribution in [0.4, 0.5) is 0 Å². The van der Waals surface area contributed by atoms with Crippen molar-refractivity contribution in [1.29, 1.82) is 0 Å². The minimum Gasteiger partial charge on any atom is -0.308 e. The highest BCUT2D eigenvalue weighted by atomic mass is 16.1. The number of hydrogen-bond donors (Lipinski definition) is 2.